The van der Waals surface area contributed by atoms with E-state index in [0.717, 1.165) is 28.9 Å². The molecular formula is C23H28N2O4. The van der Waals surface area contributed by atoms with Gasteiger partial charge >= 0.3 is 0 Å². The van der Waals surface area contributed by atoms with E-state index >= 15 is 0 Å². The predicted octanol–water partition coefficient (Wildman–Crippen LogP) is 2.83. The second kappa shape index (κ2) is 10.1. The van der Waals surface area contributed by atoms with E-state index < -0.39 is 6.04 Å². The molecule has 1 aliphatic rings. The lowest BCUT2D eigenvalue weighted by Gasteiger charge is -2.34. The van der Waals surface area contributed by atoms with Crippen molar-refractivity contribution < 1.29 is 19.1 Å². The largest absolute Gasteiger partial charge is 0.494 e. The van der Waals surface area contributed by atoms with Crippen LogP contribution in [0.2, 0.25) is 0 Å². The summed E-state index contributed by atoms with van der Waals surface area (Å²) in [6.07, 6.45) is 0.957. The number of amides is 2. The molecule has 29 heavy (non-hydrogen) atoms. The molecule has 0 saturated carbocycles. The van der Waals surface area contributed by atoms with Gasteiger partial charge in [-0.2, -0.15) is 0 Å². The molecule has 0 aliphatic carbocycles. The number of aryl methyl sites for hydroxylation is 1. The number of hydrogen-bond donors (Lipinski definition) is 1. The first-order valence-electron chi connectivity index (χ1n) is 9.99. The third-order valence-electron chi connectivity index (χ3n) is 4.84. The fraction of sp³-hybridized carbons (Fsp3) is 0.391. The Labute approximate surface area is 171 Å². The van der Waals surface area contributed by atoms with Crippen molar-refractivity contribution >= 4 is 11.8 Å². The number of ether oxygens (including phenoxy) is 2. The van der Waals surface area contributed by atoms with Crippen molar-refractivity contribution in [3.8, 4) is 5.75 Å². The second-order valence-electron chi connectivity index (χ2n) is 7.25. The van der Waals surface area contributed by atoms with Gasteiger partial charge in [-0.25, -0.2) is 0 Å². The molecule has 3 rings (SSSR count). The fourth-order valence-electron chi connectivity index (χ4n) is 3.14. The van der Waals surface area contributed by atoms with Gasteiger partial charge < -0.3 is 19.7 Å². The van der Waals surface area contributed by atoms with Crippen LogP contribution in [0, 0.1) is 6.92 Å². The van der Waals surface area contributed by atoms with Gasteiger partial charge in [-0.15, -0.1) is 0 Å². The number of nitrogens with one attached hydrogen (secondary N) is 1. The monoisotopic (exact) mass is 396 g/mol. The Hall–Kier alpha value is -2.86. The normalized spacial score (nSPS) is 16.6. The quantitative estimate of drug-likeness (QED) is 0.745. The number of rotatable bonds is 8. The Morgan fingerprint density at radius 1 is 1.14 bits per heavy atom. The van der Waals surface area contributed by atoms with E-state index in [0.29, 0.717) is 19.7 Å². The highest BCUT2D eigenvalue weighted by Crippen LogP contribution is 2.16. The predicted molar refractivity (Wildman–Crippen MR) is 110 cm³/mol. The molecular weight excluding hydrogens is 368 g/mol. The summed E-state index contributed by atoms with van der Waals surface area (Å²) < 4.78 is 10.9. The van der Waals surface area contributed by atoms with Crippen LogP contribution in [-0.4, -0.2) is 42.6 Å². The van der Waals surface area contributed by atoms with E-state index in [1.165, 1.54) is 0 Å². The SMILES string of the molecule is CCCOc1ccc(CNC(=O)[C@@H]2COCC(=O)N2Cc2ccc(C)cc2)cc1. The van der Waals surface area contributed by atoms with Crippen LogP contribution in [-0.2, 0) is 27.4 Å². The molecule has 1 saturated heterocycles. The number of carbonyl (C=O) groups is 2. The van der Waals surface area contributed by atoms with Crippen LogP contribution in [0.3, 0.4) is 0 Å². The molecule has 0 radical (unpaired) electrons. The zero-order valence-electron chi connectivity index (χ0n) is 17.0. The van der Waals surface area contributed by atoms with E-state index in [9.17, 15) is 9.59 Å². The van der Waals surface area contributed by atoms with Crippen molar-refractivity contribution in [3.63, 3.8) is 0 Å². The van der Waals surface area contributed by atoms with Crippen LogP contribution in [0.25, 0.3) is 0 Å². The van der Waals surface area contributed by atoms with Crippen LogP contribution < -0.4 is 10.1 Å². The van der Waals surface area contributed by atoms with Gasteiger partial charge in [0.1, 0.15) is 18.4 Å². The van der Waals surface area contributed by atoms with Gasteiger partial charge in [-0.05, 0) is 36.6 Å². The van der Waals surface area contributed by atoms with Gasteiger partial charge in [0.05, 0.1) is 13.2 Å². The lowest BCUT2D eigenvalue weighted by atomic mass is 10.1. The number of benzene rings is 2. The number of morpholine rings is 1. The molecule has 0 aromatic heterocycles. The van der Waals surface area contributed by atoms with Crippen molar-refractivity contribution in [1.29, 1.82) is 0 Å². The maximum atomic E-state index is 12.8. The van der Waals surface area contributed by atoms with Gasteiger partial charge in [0.15, 0.2) is 0 Å². The zero-order valence-corrected chi connectivity index (χ0v) is 17.0. The smallest absolute Gasteiger partial charge is 0.249 e. The van der Waals surface area contributed by atoms with Gasteiger partial charge in [-0.1, -0.05) is 48.9 Å². The maximum Gasteiger partial charge on any atom is 0.249 e. The van der Waals surface area contributed by atoms with E-state index in [1.54, 1.807) is 4.90 Å². The van der Waals surface area contributed by atoms with Crippen LogP contribution in [0.1, 0.15) is 30.0 Å². The van der Waals surface area contributed by atoms with Gasteiger partial charge in [-0.3, -0.25) is 9.59 Å². The van der Waals surface area contributed by atoms with E-state index in [2.05, 4.69) is 12.2 Å². The van der Waals surface area contributed by atoms with E-state index in [-0.39, 0.29) is 25.0 Å². The van der Waals surface area contributed by atoms with Crippen LogP contribution in [0.15, 0.2) is 48.5 Å². The molecule has 1 aliphatic heterocycles. The van der Waals surface area contributed by atoms with Crippen LogP contribution in [0.5, 0.6) is 5.75 Å². The highest BCUT2D eigenvalue weighted by atomic mass is 16.5. The Balaban J connectivity index is 1.59. The summed E-state index contributed by atoms with van der Waals surface area (Å²) in [6, 6.07) is 15.0. The molecule has 2 aromatic carbocycles. The molecule has 1 heterocycles. The Morgan fingerprint density at radius 3 is 2.52 bits per heavy atom. The molecule has 6 nitrogen and oxygen atoms in total. The van der Waals surface area contributed by atoms with Crippen molar-refractivity contribution in [2.45, 2.75) is 39.4 Å². The summed E-state index contributed by atoms with van der Waals surface area (Å²) in [5.74, 6) is 0.434. The lowest BCUT2D eigenvalue weighted by Crippen LogP contribution is -2.55. The zero-order chi connectivity index (χ0) is 20.6. The highest BCUT2D eigenvalue weighted by molar-refractivity contribution is 5.89. The minimum Gasteiger partial charge on any atom is -0.494 e. The summed E-state index contributed by atoms with van der Waals surface area (Å²) in [4.78, 5) is 26.8. The van der Waals surface area contributed by atoms with Crippen molar-refractivity contribution in [2.24, 2.45) is 0 Å². The molecule has 1 N–H and O–H groups in total. The molecule has 0 spiro atoms. The average molecular weight is 396 g/mol. The summed E-state index contributed by atoms with van der Waals surface area (Å²) in [5, 5.41) is 2.92. The second-order valence-corrected chi connectivity index (χ2v) is 7.25. The molecule has 1 atom stereocenters. The molecule has 2 aromatic rings. The first kappa shape index (κ1) is 20.9. The molecule has 154 valence electrons. The topological polar surface area (TPSA) is 67.9 Å². The lowest BCUT2D eigenvalue weighted by molar-refractivity contribution is -0.155. The highest BCUT2D eigenvalue weighted by Gasteiger charge is 2.33. The first-order chi connectivity index (χ1) is 14.1. The number of carbonyl (C=O) groups excluding carboxylic acids is 2. The summed E-state index contributed by atoms with van der Waals surface area (Å²) in [5.41, 5.74) is 3.11. The first-order valence-corrected chi connectivity index (χ1v) is 9.99. The summed E-state index contributed by atoms with van der Waals surface area (Å²) in [7, 11) is 0. The number of hydrogen-bond acceptors (Lipinski definition) is 4. The Bertz CT molecular complexity index is 818. The van der Waals surface area contributed by atoms with E-state index in [1.807, 2.05) is 55.5 Å². The van der Waals surface area contributed by atoms with Gasteiger partial charge in [0.25, 0.3) is 0 Å². The maximum absolute atomic E-state index is 12.8. The third kappa shape index (κ3) is 5.81. The molecule has 2 amide bonds. The van der Waals surface area contributed by atoms with Gasteiger partial charge in [0.2, 0.25) is 11.8 Å². The molecule has 1 fully saturated rings. The van der Waals surface area contributed by atoms with Crippen LogP contribution >= 0.6 is 0 Å². The van der Waals surface area contributed by atoms with Gasteiger partial charge in [0, 0.05) is 13.1 Å². The minimum atomic E-state index is -0.635. The summed E-state index contributed by atoms with van der Waals surface area (Å²) >= 11 is 0. The standard InChI is InChI=1S/C23H28N2O4/c1-3-12-29-20-10-8-18(9-11-20)13-24-23(27)21-15-28-16-22(26)25(21)14-19-6-4-17(2)5-7-19/h4-11,21H,3,12-16H2,1-2H3,(H,24,27)/t21-/m0/s1. The fourth-order valence-corrected chi connectivity index (χ4v) is 3.14. The molecule has 0 unspecified atom stereocenters. The Kier molecular flexibility index (Phi) is 7.25. The van der Waals surface area contributed by atoms with Crippen LogP contribution in [0.4, 0.5) is 0 Å². The molecule has 0 bridgehead atoms. The van der Waals surface area contributed by atoms with E-state index in [4.69, 9.17) is 9.47 Å². The Morgan fingerprint density at radius 2 is 1.83 bits per heavy atom. The van der Waals surface area contributed by atoms with Crippen molar-refractivity contribution in [2.75, 3.05) is 19.8 Å². The molecule has 6 heteroatoms. The third-order valence-corrected chi connectivity index (χ3v) is 4.84. The summed E-state index contributed by atoms with van der Waals surface area (Å²) in [6.45, 7) is 5.75. The minimum absolute atomic E-state index is 0.00879. The van der Waals surface area contributed by atoms with Crippen molar-refractivity contribution in [3.05, 3.63) is 65.2 Å². The van der Waals surface area contributed by atoms with Crippen molar-refractivity contribution in [1.82, 2.24) is 10.2 Å². The number of nitrogens with zero attached hydrogens (tertiary/aromatic N) is 1. The average Bonchev–Trinajstić information content (AvgIpc) is 2.74.